The highest BCUT2D eigenvalue weighted by atomic mass is 35.5. The summed E-state index contributed by atoms with van der Waals surface area (Å²) < 4.78 is 26.5. The molecule has 0 aromatic heterocycles. The lowest BCUT2D eigenvalue weighted by atomic mass is 10.1. The normalized spacial score (nSPS) is 12.3. The van der Waals surface area contributed by atoms with Crippen LogP contribution >= 0.6 is 11.6 Å². The van der Waals surface area contributed by atoms with E-state index in [2.05, 4.69) is 5.32 Å². The molecular formula is C12H14ClF2NO2. The highest BCUT2D eigenvalue weighted by molar-refractivity contribution is 6.30. The molecule has 0 radical (unpaired) electrons. The van der Waals surface area contributed by atoms with Gasteiger partial charge in [0.15, 0.2) is 0 Å². The Bertz CT molecular complexity index is 440. The topological polar surface area (TPSA) is 49.3 Å². The fourth-order valence-corrected chi connectivity index (χ4v) is 1.50. The van der Waals surface area contributed by atoms with Crippen LogP contribution in [0.3, 0.4) is 0 Å². The number of aliphatic hydroxyl groups is 1. The number of carbonyl (C=O) groups excluding carboxylic acids is 1. The van der Waals surface area contributed by atoms with Gasteiger partial charge in [-0.1, -0.05) is 18.5 Å². The molecule has 0 bridgehead atoms. The summed E-state index contributed by atoms with van der Waals surface area (Å²) in [6, 6.07) is 1.51. The Morgan fingerprint density at radius 1 is 1.44 bits per heavy atom. The first-order chi connectivity index (χ1) is 8.45. The number of nitrogens with one attached hydrogen (secondary N) is 1. The van der Waals surface area contributed by atoms with Gasteiger partial charge in [-0.3, -0.25) is 4.79 Å². The molecule has 1 amide bonds. The van der Waals surface area contributed by atoms with Crippen LogP contribution in [-0.4, -0.2) is 23.7 Å². The minimum atomic E-state index is -0.880. The fraction of sp³-hybridized carbons (Fsp3) is 0.417. The molecule has 3 nitrogen and oxygen atoms in total. The van der Waals surface area contributed by atoms with Gasteiger partial charge in [-0.15, -0.1) is 0 Å². The summed E-state index contributed by atoms with van der Waals surface area (Å²) in [5.41, 5.74) is -0.400. The Hall–Kier alpha value is -1.20. The van der Waals surface area contributed by atoms with Crippen molar-refractivity contribution in [2.75, 3.05) is 6.54 Å². The Kier molecular flexibility index (Phi) is 5.50. The highest BCUT2D eigenvalue weighted by Gasteiger charge is 2.15. The lowest BCUT2D eigenvalue weighted by Gasteiger charge is -2.09. The van der Waals surface area contributed by atoms with Crippen molar-refractivity contribution in [3.05, 3.63) is 34.4 Å². The molecule has 1 aromatic carbocycles. The number of amides is 1. The number of aliphatic hydroxyl groups excluding tert-OH is 1. The molecule has 6 heteroatoms. The van der Waals surface area contributed by atoms with Gasteiger partial charge >= 0.3 is 0 Å². The average Bonchev–Trinajstić information content (AvgIpc) is 2.33. The number of halogens is 3. The van der Waals surface area contributed by atoms with Crippen molar-refractivity contribution in [3.8, 4) is 0 Å². The number of rotatable bonds is 5. The van der Waals surface area contributed by atoms with Gasteiger partial charge in [0.2, 0.25) is 0 Å². The van der Waals surface area contributed by atoms with Crippen molar-refractivity contribution in [1.82, 2.24) is 5.32 Å². The molecule has 0 spiro atoms. The summed E-state index contributed by atoms with van der Waals surface area (Å²) >= 11 is 5.38. The predicted molar refractivity (Wildman–Crippen MR) is 64.6 cm³/mol. The number of hydrogen-bond donors (Lipinski definition) is 2. The summed E-state index contributed by atoms with van der Waals surface area (Å²) in [5.74, 6) is -2.46. The Balaban J connectivity index is 2.64. The van der Waals surface area contributed by atoms with E-state index in [4.69, 9.17) is 11.6 Å². The van der Waals surface area contributed by atoms with Crippen LogP contribution in [-0.2, 0) is 0 Å². The second-order valence-electron chi connectivity index (χ2n) is 3.85. The lowest BCUT2D eigenvalue weighted by Crippen LogP contribution is -2.27. The molecule has 0 aliphatic rings. The molecule has 0 aliphatic carbocycles. The minimum absolute atomic E-state index is 0.192. The van der Waals surface area contributed by atoms with Gasteiger partial charge in [-0.2, -0.15) is 0 Å². The average molecular weight is 278 g/mol. The predicted octanol–water partition coefficient (Wildman–Crippen LogP) is 2.51. The van der Waals surface area contributed by atoms with Crippen molar-refractivity contribution in [1.29, 1.82) is 0 Å². The first-order valence-corrected chi connectivity index (χ1v) is 5.94. The molecule has 0 aliphatic heterocycles. The zero-order valence-electron chi connectivity index (χ0n) is 9.84. The summed E-state index contributed by atoms with van der Waals surface area (Å²) in [6.45, 7) is 2.00. The Labute approximate surface area is 109 Å². The van der Waals surface area contributed by atoms with E-state index in [0.717, 1.165) is 12.1 Å². The van der Waals surface area contributed by atoms with Gasteiger partial charge in [0.1, 0.15) is 11.6 Å². The molecular weight excluding hydrogens is 264 g/mol. The molecule has 1 aromatic rings. The van der Waals surface area contributed by atoms with E-state index < -0.39 is 29.2 Å². The quantitative estimate of drug-likeness (QED) is 0.813. The van der Waals surface area contributed by atoms with Crippen LogP contribution in [0.1, 0.15) is 30.1 Å². The van der Waals surface area contributed by atoms with Crippen molar-refractivity contribution in [2.45, 2.75) is 25.9 Å². The van der Waals surface area contributed by atoms with Crippen LogP contribution < -0.4 is 5.32 Å². The van der Waals surface area contributed by atoms with E-state index in [-0.39, 0.29) is 11.6 Å². The van der Waals surface area contributed by atoms with Crippen LogP contribution in [0.5, 0.6) is 0 Å². The maximum atomic E-state index is 13.4. The minimum Gasteiger partial charge on any atom is -0.393 e. The van der Waals surface area contributed by atoms with E-state index in [0.29, 0.717) is 12.8 Å². The molecule has 0 fully saturated rings. The van der Waals surface area contributed by atoms with Crippen LogP contribution in [0.4, 0.5) is 8.78 Å². The van der Waals surface area contributed by atoms with Gasteiger partial charge in [0, 0.05) is 6.54 Å². The molecule has 0 saturated carbocycles. The SMILES string of the molecule is CC[C@H](O)CCNC(=O)c1cc(F)c(Cl)cc1F. The molecule has 18 heavy (non-hydrogen) atoms. The Morgan fingerprint density at radius 3 is 2.72 bits per heavy atom. The zero-order valence-corrected chi connectivity index (χ0v) is 10.6. The van der Waals surface area contributed by atoms with Crippen LogP contribution in [0.15, 0.2) is 12.1 Å². The molecule has 1 rings (SSSR count). The third-order valence-electron chi connectivity index (χ3n) is 2.49. The maximum absolute atomic E-state index is 13.4. The van der Waals surface area contributed by atoms with Crippen molar-refractivity contribution in [2.24, 2.45) is 0 Å². The fourth-order valence-electron chi connectivity index (χ4n) is 1.35. The third-order valence-corrected chi connectivity index (χ3v) is 2.78. The Morgan fingerprint density at radius 2 is 2.11 bits per heavy atom. The van der Waals surface area contributed by atoms with Gasteiger partial charge in [0.25, 0.3) is 5.91 Å². The van der Waals surface area contributed by atoms with Gasteiger partial charge < -0.3 is 10.4 Å². The first-order valence-electron chi connectivity index (χ1n) is 5.56. The number of benzene rings is 1. The summed E-state index contributed by atoms with van der Waals surface area (Å²) in [7, 11) is 0. The van der Waals surface area contributed by atoms with E-state index in [1.165, 1.54) is 0 Å². The summed E-state index contributed by atoms with van der Waals surface area (Å²) in [6.07, 6.45) is 0.414. The number of carbonyl (C=O) groups is 1. The van der Waals surface area contributed by atoms with Gasteiger partial charge in [-0.05, 0) is 25.0 Å². The highest BCUT2D eigenvalue weighted by Crippen LogP contribution is 2.19. The molecule has 0 unspecified atom stereocenters. The number of hydrogen-bond acceptors (Lipinski definition) is 2. The van der Waals surface area contributed by atoms with E-state index in [1.807, 2.05) is 0 Å². The summed E-state index contributed by atoms with van der Waals surface area (Å²) in [4.78, 5) is 11.6. The standard InChI is InChI=1S/C12H14ClF2NO2/c1-2-7(17)3-4-16-12(18)8-5-11(15)9(13)6-10(8)14/h5-7,17H,2-4H2,1H3,(H,16,18)/t7-/m0/s1. The van der Waals surface area contributed by atoms with Crippen molar-refractivity contribution >= 4 is 17.5 Å². The molecule has 2 N–H and O–H groups in total. The summed E-state index contributed by atoms with van der Waals surface area (Å²) in [5, 5.41) is 11.3. The van der Waals surface area contributed by atoms with Crippen LogP contribution in [0.2, 0.25) is 5.02 Å². The van der Waals surface area contributed by atoms with E-state index in [1.54, 1.807) is 6.92 Å². The van der Waals surface area contributed by atoms with E-state index >= 15 is 0 Å². The molecule has 1 atom stereocenters. The first kappa shape index (κ1) is 14.9. The van der Waals surface area contributed by atoms with Gasteiger partial charge in [0.05, 0.1) is 16.7 Å². The van der Waals surface area contributed by atoms with Crippen molar-refractivity contribution < 1.29 is 18.7 Å². The van der Waals surface area contributed by atoms with Crippen molar-refractivity contribution in [3.63, 3.8) is 0 Å². The second kappa shape index (κ2) is 6.66. The largest absolute Gasteiger partial charge is 0.393 e. The smallest absolute Gasteiger partial charge is 0.254 e. The molecule has 0 saturated heterocycles. The monoisotopic (exact) mass is 277 g/mol. The molecule has 0 heterocycles. The zero-order chi connectivity index (χ0) is 13.7. The van der Waals surface area contributed by atoms with Crippen LogP contribution in [0, 0.1) is 11.6 Å². The maximum Gasteiger partial charge on any atom is 0.254 e. The molecule has 100 valence electrons. The second-order valence-corrected chi connectivity index (χ2v) is 4.26. The van der Waals surface area contributed by atoms with Gasteiger partial charge in [-0.25, -0.2) is 8.78 Å². The van der Waals surface area contributed by atoms with E-state index in [9.17, 15) is 18.7 Å². The third kappa shape index (κ3) is 3.92. The van der Waals surface area contributed by atoms with Crippen LogP contribution in [0.25, 0.3) is 0 Å². The lowest BCUT2D eigenvalue weighted by molar-refractivity contribution is 0.0937.